The minimum atomic E-state index is -1.36. The third kappa shape index (κ3) is 4.09. The van der Waals surface area contributed by atoms with Crippen LogP contribution >= 0.6 is 0 Å². The SMILES string of the molecule is CNC(=O)NC(=O)[C@H](OC(=O)c1cc2ccccc2cc1O)c1ccccc1. The maximum atomic E-state index is 12.7. The van der Waals surface area contributed by atoms with Gasteiger partial charge in [-0.15, -0.1) is 0 Å². The van der Waals surface area contributed by atoms with E-state index in [1.54, 1.807) is 48.5 Å². The molecule has 0 saturated carbocycles. The number of rotatable bonds is 4. The van der Waals surface area contributed by atoms with Crippen LogP contribution in [0.15, 0.2) is 66.7 Å². The first-order valence-electron chi connectivity index (χ1n) is 8.50. The molecule has 0 aliphatic rings. The minimum absolute atomic E-state index is 0.0765. The Morgan fingerprint density at radius 1 is 0.929 bits per heavy atom. The average Bonchev–Trinajstić information content (AvgIpc) is 2.71. The first-order chi connectivity index (χ1) is 13.5. The van der Waals surface area contributed by atoms with Crippen molar-refractivity contribution in [2.75, 3.05) is 7.05 Å². The van der Waals surface area contributed by atoms with Crippen molar-refractivity contribution in [3.05, 3.63) is 77.9 Å². The highest BCUT2D eigenvalue weighted by Crippen LogP contribution is 2.28. The predicted octanol–water partition coefficient (Wildman–Crippen LogP) is 2.90. The molecule has 1 atom stereocenters. The number of phenols is 1. The van der Waals surface area contributed by atoms with Gasteiger partial charge in [0.05, 0.1) is 0 Å². The molecule has 0 aliphatic carbocycles. The molecule has 0 bridgehead atoms. The molecule has 3 amide bonds. The van der Waals surface area contributed by atoms with Gasteiger partial charge < -0.3 is 15.2 Å². The van der Waals surface area contributed by atoms with E-state index in [1.165, 1.54) is 19.2 Å². The molecule has 0 heterocycles. The van der Waals surface area contributed by atoms with Gasteiger partial charge in [-0.2, -0.15) is 0 Å². The van der Waals surface area contributed by atoms with Gasteiger partial charge in [0.25, 0.3) is 5.91 Å². The molecule has 0 saturated heterocycles. The van der Waals surface area contributed by atoms with E-state index in [0.717, 1.165) is 10.8 Å². The Kier molecular flexibility index (Phi) is 5.55. The zero-order chi connectivity index (χ0) is 20.1. The van der Waals surface area contributed by atoms with Gasteiger partial charge >= 0.3 is 12.0 Å². The van der Waals surface area contributed by atoms with E-state index in [2.05, 4.69) is 10.6 Å². The zero-order valence-corrected chi connectivity index (χ0v) is 15.0. The second kappa shape index (κ2) is 8.22. The molecule has 3 aromatic rings. The van der Waals surface area contributed by atoms with Crippen LogP contribution in [-0.4, -0.2) is 30.1 Å². The molecular weight excluding hydrogens is 360 g/mol. The Balaban J connectivity index is 1.92. The Hall–Kier alpha value is -3.87. The lowest BCUT2D eigenvalue weighted by atomic mass is 10.1. The van der Waals surface area contributed by atoms with Crippen LogP contribution in [0.3, 0.4) is 0 Å². The summed E-state index contributed by atoms with van der Waals surface area (Å²) in [7, 11) is 1.36. The third-order valence-electron chi connectivity index (χ3n) is 4.11. The molecule has 0 unspecified atom stereocenters. The summed E-state index contributed by atoms with van der Waals surface area (Å²) < 4.78 is 5.37. The number of ether oxygens (including phenoxy) is 1. The fourth-order valence-corrected chi connectivity index (χ4v) is 2.70. The van der Waals surface area contributed by atoms with Crippen LogP contribution in [0.5, 0.6) is 5.75 Å². The van der Waals surface area contributed by atoms with Crippen molar-refractivity contribution in [2.45, 2.75) is 6.10 Å². The number of aromatic hydroxyl groups is 1. The lowest BCUT2D eigenvalue weighted by molar-refractivity contribution is -0.129. The summed E-state index contributed by atoms with van der Waals surface area (Å²) in [5, 5.41) is 16.1. The molecule has 142 valence electrons. The van der Waals surface area contributed by atoms with E-state index < -0.39 is 24.0 Å². The van der Waals surface area contributed by atoms with Gasteiger partial charge in [-0.3, -0.25) is 10.1 Å². The van der Waals surface area contributed by atoms with Crippen molar-refractivity contribution >= 4 is 28.7 Å². The fraction of sp³-hybridized carbons (Fsp3) is 0.0952. The molecule has 0 spiro atoms. The van der Waals surface area contributed by atoms with Crippen LogP contribution in [0.2, 0.25) is 0 Å². The number of phenolic OH excluding ortho intramolecular Hbond substituents is 1. The molecule has 0 radical (unpaired) electrons. The molecule has 3 N–H and O–H groups in total. The molecule has 7 heteroatoms. The van der Waals surface area contributed by atoms with Crippen molar-refractivity contribution in [2.24, 2.45) is 0 Å². The number of carbonyl (C=O) groups excluding carboxylic acids is 3. The number of carbonyl (C=O) groups is 3. The van der Waals surface area contributed by atoms with Crippen LogP contribution in [0, 0.1) is 0 Å². The van der Waals surface area contributed by atoms with Crippen LogP contribution in [0.25, 0.3) is 10.8 Å². The van der Waals surface area contributed by atoms with Crippen LogP contribution in [0.4, 0.5) is 4.79 Å². The number of imide groups is 1. The largest absolute Gasteiger partial charge is 0.507 e. The number of hydrogen-bond acceptors (Lipinski definition) is 5. The zero-order valence-electron chi connectivity index (χ0n) is 15.0. The first-order valence-corrected chi connectivity index (χ1v) is 8.50. The summed E-state index contributed by atoms with van der Waals surface area (Å²) in [5.74, 6) is -1.95. The molecule has 3 rings (SSSR count). The van der Waals surface area contributed by atoms with E-state index in [9.17, 15) is 19.5 Å². The van der Waals surface area contributed by atoms with E-state index in [-0.39, 0.29) is 11.3 Å². The molecule has 0 aliphatic heterocycles. The predicted molar refractivity (Wildman–Crippen MR) is 103 cm³/mol. The highest BCUT2D eigenvalue weighted by molar-refractivity contribution is 6.01. The highest BCUT2D eigenvalue weighted by Gasteiger charge is 2.28. The van der Waals surface area contributed by atoms with Crippen molar-refractivity contribution in [3.63, 3.8) is 0 Å². The Morgan fingerprint density at radius 2 is 1.54 bits per heavy atom. The molecule has 7 nitrogen and oxygen atoms in total. The van der Waals surface area contributed by atoms with Crippen molar-refractivity contribution < 1.29 is 24.2 Å². The van der Waals surface area contributed by atoms with E-state index in [0.29, 0.717) is 5.56 Å². The normalized spacial score (nSPS) is 11.5. The standard InChI is InChI=1S/C21H18N2O5/c1-22-21(27)23-19(25)18(13-7-3-2-4-8-13)28-20(26)16-11-14-9-5-6-10-15(14)12-17(16)24/h2-12,18,24H,1H3,(H2,22,23,25,27)/t18-/m1/s1. The minimum Gasteiger partial charge on any atom is -0.507 e. The molecular formula is C21H18N2O5. The van der Waals surface area contributed by atoms with Crippen LogP contribution in [-0.2, 0) is 9.53 Å². The summed E-state index contributed by atoms with van der Waals surface area (Å²) in [6, 6.07) is 17.7. The van der Waals surface area contributed by atoms with Gasteiger partial charge in [-0.25, -0.2) is 9.59 Å². The lowest BCUT2D eigenvalue weighted by Crippen LogP contribution is -2.41. The number of esters is 1. The maximum absolute atomic E-state index is 12.7. The van der Waals surface area contributed by atoms with E-state index in [4.69, 9.17) is 4.74 Å². The molecule has 3 aromatic carbocycles. The Morgan fingerprint density at radius 3 is 2.18 bits per heavy atom. The van der Waals surface area contributed by atoms with Crippen LogP contribution in [0.1, 0.15) is 22.0 Å². The van der Waals surface area contributed by atoms with Gasteiger partial charge in [-0.05, 0) is 22.9 Å². The van der Waals surface area contributed by atoms with Gasteiger partial charge in [0.2, 0.25) is 6.10 Å². The van der Waals surface area contributed by atoms with E-state index in [1.807, 2.05) is 6.07 Å². The lowest BCUT2D eigenvalue weighted by Gasteiger charge is -2.18. The summed E-state index contributed by atoms with van der Waals surface area (Å²) in [5.41, 5.74) is 0.310. The summed E-state index contributed by atoms with van der Waals surface area (Å²) >= 11 is 0. The van der Waals surface area contributed by atoms with Crippen molar-refractivity contribution in [1.82, 2.24) is 10.6 Å². The van der Waals surface area contributed by atoms with Gasteiger partial charge in [0.15, 0.2) is 0 Å². The molecule has 0 fully saturated rings. The number of hydrogen-bond donors (Lipinski definition) is 3. The first kappa shape index (κ1) is 18.9. The Labute approximate surface area is 160 Å². The number of nitrogens with one attached hydrogen (secondary N) is 2. The Bertz CT molecular complexity index is 1030. The second-order valence-electron chi connectivity index (χ2n) is 5.98. The average molecular weight is 378 g/mol. The summed E-state index contributed by atoms with van der Waals surface area (Å²) in [6.07, 6.45) is -1.36. The maximum Gasteiger partial charge on any atom is 0.343 e. The molecule has 28 heavy (non-hydrogen) atoms. The molecule has 0 aromatic heterocycles. The quantitative estimate of drug-likeness (QED) is 0.606. The fourth-order valence-electron chi connectivity index (χ4n) is 2.70. The smallest absolute Gasteiger partial charge is 0.343 e. The monoisotopic (exact) mass is 378 g/mol. The van der Waals surface area contributed by atoms with Gasteiger partial charge in [0, 0.05) is 12.6 Å². The van der Waals surface area contributed by atoms with Gasteiger partial charge in [-0.1, -0.05) is 54.6 Å². The highest BCUT2D eigenvalue weighted by atomic mass is 16.5. The summed E-state index contributed by atoms with van der Waals surface area (Å²) in [4.78, 5) is 36.6. The number of benzene rings is 3. The van der Waals surface area contributed by atoms with Crippen molar-refractivity contribution in [1.29, 1.82) is 0 Å². The van der Waals surface area contributed by atoms with E-state index >= 15 is 0 Å². The topological polar surface area (TPSA) is 105 Å². The van der Waals surface area contributed by atoms with Crippen molar-refractivity contribution in [3.8, 4) is 5.75 Å². The summed E-state index contributed by atoms with van der Waals surface area (Å²) in [6.45, 7) is 0. The van der Waals surface area contributed by atoms with Crippen LogP contribution < -0.4 is 10.6 Å². The van der Waals surface area contributed by atoms with Gasteiger partial charge in [0.1, 0.15) is 11.3 Å². The second-order valence-corrected chi connectivity index (χ2v) is 5.98. The number of fused-ring (bicyclic) bond motifs is 1. The number of urea groups is 1. The third-order valence-corrected chi connectivity index (χ3v) is 4.11. The number of amides is 3.